The van der Waals surface area contributed by atoms with Gasteiger partial charge in [0.15, 0.2) is 5.58 Å². The lowest BCUT2D eigenvalue weighted by molar-refractivity contribution is -0.116. The molecule has 1 heterocycles. The lowest BCUT2D eigenvalue weighted by Crippen LogP contribution is -2.36. The van der Waals surface area contributed by atoms with Crippen LogP contribution in [0.4, 0.5) is 11.7 Å². The van der Waals surface area contributed by atoms with Crippen LogP contribution in [0.25, 0.3) is 11.1 Å². The molecule has 0 fully saturated rings. The summed E-state index contributed by atoms with van der Waals surface area (Å²) < 4.78 is 5.73. The Morgan fingerprint density at radius 3 is 2.30 bits per heavy atom. The van der Waals surface area contributed by atoms with Crippen LogP contribution in [-0.2, 0) is 11.2 Å². The highest BCUT2D eigenvalue weighted by Gasteiger charge is 2.21. The summed E-state index contributed by atoms with van der Waals surface area (Å²) in [5.41, 5.74) is 3.23. The van der Waals surface area contributed by atoms with Gasteiger partial charge in [-0.05, 0) is 29.8 Å². The molecule has 4 aromatic rings. The van der Waals surface area contributed by atoms with E-state index in [1.165, 1.54) is 0 Å². The van der Waals surface area contributed by atoms with E-state index in [0.29, 0.717) is 18.0 Å². The maximum absolute atomic E-state index is 12.9. The number of aromatic nitrogens is 1. The Morgan fingerprint density at radius 1 is 0.889 bits per heavy atom. The van der Waals surface area contributed by atoms with Crippen LogP contribution < -0.4 is 10.6 Å². The van der Waals surface area contributed by atoms with Crippen molar-refractivity contribution < 1.29 is 9.21 Å². The maximum atomic E-state index is 12.9. The maximum Gasteiger partial charge on any atom is 0.296 e. The van der Waals surface area contributed by atoms with Gasteiger partial charge in [0.1, 0.15) is 11.6 Å². The smallest absolute Gasteiger partial charge is 0.296 e. The SMILES string of the molecule is O=C(Nc1ccccc1)[C@@H](Cc1ccccc1)Nc1nc2ccccc2o1. The van der Waals surface area contributed by atoms with Crippen LogP contribution in [0.2, 0.25) is 0 Å². The molecule has 27 heavy (non-hydrogen) atoms. The minimum absolute atomic E-state index is 0.146. The fourth-order valence-corrected chi connectivity index (χ4v) is 2.89. The normalized spacial score (nSPS) is 11.9. The highest BCUT2D eigenvalue weighted by molar-refractivity contribution is 5.96. The highest BCUT2D eigenvalue weighted by atomic mass is 16.4. The van der Waals surface area contributed by atoms with E-state index in [9.17, 15) is 4.79 Å². The summed E-state index contributed by atoms with van der Waals surface area (Å²) in [5, 5.41) is 6.09. The standard InChI is InChI=1S/C22H19N3O2/c26-21(23-17-11-5-2-6-12-17)19(15-16-9-3-1-4-10-16)25-22-24-18-13-7-8-14-20(18)27-22/h1-14,19H,15H2,(H,23,26)(H,24,25)/t19-/m1/s1. The Kier molecular flexibility index (Phi) is 4.83. The molecule has 1 aromatic heterocycles. The summed E-state index contributed by atoms with van der Waals surface area (Å²) in [4.78, 5) is 17.3. The largest absolute Gasteiger partial charge is 0.424 e. The quantitative estimate of drug-likeness (QED) is 0.533. The first-order chi connectivity index (χ1) is 13.3. The van der Waals surface area contributed by atoms with Crippen LogP contribution in [0.15, 0.2) is 89.3 Å². The zero-order valence-corrected chi connectivity index (χ0v) is 14.6. The van der Waals surface area contributed by atoms with E-state index in [2.05, 4.69) is 15.6 Å². The Hall–Kier alpha value is -3.60. The molecule has 3 aromatic carbocycles. The predicted octanol–water partition coefficient (Wildman–Crippen LogP) is 4.49. The van der Waals surface area contributed by atoms with Gasteiger partial charge in [-0.15, -0.1) is 0 Å². The summed E-state index contributed by atoms with van der Waals surface area (Å²) in [5.74, 6) is -0.146. The van der Waals surface area contributed by atoms with Crippen molar-refractivity contribution in [2.45, 2.75) is 12.5 Å². The van der Waals surface area contributed by atoms with Crippen LogP contribution >= 0.6 is 0 Å². The van der Waals surface area contributed by atoms with E-state index in [1.54, 1.807) is 0 Å². The third-order valence-electron chi connectivity index (χ3n) is 4.23. The molecular weight excluding hydrogens is 338 g/mol. The van der Waals surface area contributed by atoms with Crippen molar-refractivity contribution in [1.29, 1.82) is 0 Å². The van der Waals surface area contributed by atoms with Gasteiger partial charge in [-0.1, -0.05) is 60.7 Å². The van der Waals surface area contributed by atoms with Crippen molar-refractivity contribution in [3.05, 3.63) is 90.5 Å². The van der Waals surface area contributed by atoms with Gasteiger partial charge in [0.05, 0.1) is 0 Å². The van der Waals surface area contributed by atoms with Crippen molar-refractivity contribution in [3.63, 3.8) is 0 Å². The number of carbonyl (C=O) groups is 1. The Morgan fingerprint density at radius 2 is 1.56 bits per heavy atom. The average molecular weight is 357 g/mol. The number of nitrogens with one attached hydrogen (secondary N) is 2. The van der Waals surface area contributed by atoms with Crippen molar-refractivity contribution in [2.24, 2.45) is 0 Å². The topological polar surface area (TPSA) is 67.2 Å². The monoisotopic (exact) mass is 357 g/mol. The molecule has 0 bridgehead atoms. The number of rotatable bonds is 6. The van der Waals surface area contributed by atoms with Gasteiger partial charge in [-0.25, -0.2) is 0 Å². The first kappa shape index (κ1) is 16.8. The molecule has 0 spiro atoms. The van der Waals surface area contributed by atoms with Crippen LogP contribution in [0, 0.1) is 0 Å². The van der Waals surface area contributed by atoms with E-state index < -0.39 is 6.04 Å². The minimum Gasteiger partial charge on any atom is -0.424 e. The van der Waals surface area contributed by atoms with Crippen LogP contribution in [0.1, 0.15) is 5.56 Å². The number of carbonyl (C=O) groups excluding carboxylic acids is 1. The third kappa shape index (κ3) is 4.15. The molecule has 0 radical (unpaired) electrons. The summed E-state index contributed by atoms with van der Waals surface area (Å²) in [6.07, 6.45) is 0.512. The molecule has 0 saturated carbocycles. The molecule has 5 heteroatoms. The van der Waals surface area contributed by atoms with Gasteiger partial charge in [-0.2, -0.15) is 4.98 Å². The zero-order chi connectivity index (χ0) is 18.5. The van der Waals surface area contributed by atoms with Gasteiger partial charge >= 0.3 is 0 Å². The Bertz CT molecular complexity index is 996. The minimum atomic E-state index is -0.527. The van der Waals surface area contributed by atoms with Gasteiger partial charge in [0, 0.05) is 12.1 Å². The molecule has 2 N–H and O–H groups in total. The molecule has 1 amide bonds. The summed E-state index contributed by atoms with van der Waals surface area (Å²) in [6.45, 7) is 0. The number of benzene rings is 3. The predicted molar refractivity (Wildman–Crippen MR) is 107 cm³/mol. The van der Waals surface area contributed by atoms with Gasteiger partial charge in [-0.3, -0.25) is 4.79 Å². The van der Waals surface area contributed by atoms with Crippen molar-refractivity contribution in [2.75, 3.05) is 10.6 Å². The van der Waals surface area contributed by atoms with Gasteiger partial charge in [0.2, 0.25) is 5.91 Å². The molecule has 1 atom stereocenters. The Balaban J connectivity index is 1.57. The van der Waals surface area contributed by atoms with E-state index in [4.69, 9.17) is 4.42 Å². The number of nitrogens with zero attached hydrogens (tertiary/aromatic N) is 1. The Labute approximate surface area is 157 Å². The van der Waals surface area contributed by atoms with Crippen molar-refractivity contribution in [3.8, 4) is 0 Å². The third-order valence-corrected chi connectivity index (χ3v) is 4.23. The second-order valence-corrected chi connectivity index (χ2v) is 6.23. The van der Waals surface area contributed by atoms with Crippen LogP contribution in [0.5, 0.6) is 0 Å². The number of hydrogen-bond acceptors (Lipinski definition) is 4. The van der Waals surface area contributed by atoms with Crippen molar-refractivity contribution in [1.82, 2.24) is 4.98 Å². The first-order valence-electron chi connectivity index (χ1n) is 8.80. The van der Waals surface area contributed by atoms with Gasteiger partial charge < -0.3 is 15.1 Å². The van der Waals surface area contributed by atoms with Crippen molar-refractivity contribution >= 4 is 28.7 Å². The molecule has 0 aliphatic rings. The van der Waals surface area contributed by atoms with E-state index in [1.807, 2.05) is 84.9 Å². The lowest BCUT2D eigenvalue weighted by atomic mass is 10.1. The van der Waals surface area contributed by atoms with E-state index in [0.717, 1.165) is 16.8 Å². The molecule has 0 aliphatic heterocycles. The highest BCUT2D eigenvalue weighted by Crippen LogP contribution is 2.20. The number of amides is 1. The molecular formula is C22H19N3O2. The van der Waals surface area contributed by atoms with Gasteiger partial charge in [0.25, 0.3) is 6.01 Å². The van der Waals surface area contributed by atoms with E-state index >= 15 is 0 Å². The molecule has 0 unspecified atom stereocenters. The molecule has 5 nitrogen and oxygen atoms in total. The second kappa shape index (κ2) is 7.74. The number of fused-ring (bicyclic) bond motifs is 1. The van der Waals surface area contributed by atoms with Crippen LogP contribution in [-0.4, -0.2) is 16.9 Å². The number of anilines is 2. The number of para-hydroxylation sites is 3. The summed E-state index contributed by atoms with van der Waals surface area (Å²) in [7, 11) is 0. The molecule has 0 aliphatic carbocycles. The first-order valence-corrected chi connectivity index (χ1v) is 8.80. The number of oxazole rings is 1. The lowest BCUT2D eigenvalue weighted by Gasteiger charge is -2.17. The number of hydrogen-bond donors (Lipinski definition) is 2. The molecule has 4 rings (SSSR count). The van der Waals surface area contributed by atoms with Crippen LogP contribution in [0.3, 0.4) is 0 Å². The summed E-state index contributed by atoms with van der Waals surface area (Å²) in [6, 6.07) is 26.6. The van der Waals surface area contributed by atoms with E-state index in [-0.39, 0.29) is 5.91 Å². The molecule has 134 valence electrons. The fraction of sp³-hybridized carbons (Fsp3) is 0.0909. The fourth-order valence-electron chi connectivity index (χ4n) is 2.89. The molecule has 0 saturated heterocycles. The second-order valence-electron chi connectivity index (χ2n) is 6.23. The summed E-state index contributed by atoms with van der Waals surface area (Å²) >= 11 is 0. The average Bonchev–Trinajstić information content (AvgIpc) is 3.11. The zero-order valence-electron chi connectivity index (χ0n) is 14.6.